The highest BCUT2D eigenvalue weighted by Gasteiger charge is 2.21. The Bertz CT molecular complexity index is 1290. The maximum Gasteiger partial charge on any atom is 0.270 e. The molecule has 2 aromatic carbocycles. The normalized spacial score (nSPS) is 15.9. The predicted octanol–water partition coefficient (Wildman–Crippen LogP) is 4.31. The van der Waals surface area contributed by atoms with Crippen LogP contribution in [0.4, 0.5) is 0 Å². The number of fused-ring (bicyclic) bond motifs is 3. The van der Waals surface area contributed by atoms with E-state index in [0.29, 0.717) is 29.4 Å². The summed E-state index contributed by atoms with van der Waals surface area (Å²) >= 11 is 0. The summed E-state index contributed by atoms with van der Waals surface area (Å²) in [5, 5.41) is 4.94. The molecule has 4 aromatic rings. The maximum absolute atomic E-state index is 13.1. The summed E-state index contributed by atoms with van der Waals surface area (Å²) in [5.74, 6) is 1.10. The summed E-state index contributed by atoms with van der Waals surface area (Å²) in [6.45, 7) is 1.23. The van der Waals surface area contributed by atoms with Crippen molar-refractivity contribution in [3.05, 3.63) is 54.2 Å². The molecular weight excluding hydrogens is 406 g/mol. The van der Waals surface area contributed by atoms with Crippen molar-refractivity contribution in [1.82, 2.24) is 15.3 Å². The number of aromatic nitrogens is 2. The molecule has 0 aliphatic carbocycles. The van der Waals surface area contributed by atoms with Crippen LogP contribution in [0.1, 0.15) is 23.3 Å². The Kier molecular flexibility index (Phi) is 5.41. The molecule has 5 rings (SSSR count). The number of hydrogen-bond donors (Lipinski definition) is 2. The molecule has 1 saturated heterocycles. The number of aromatic amines is 1. The Labute approximate surface area is 185 Å². The van der Waals surface area contributed by atoms with E-state index in [1.165, 1.54) is 0 Å². The molecule has 1 fully saturated rings. The number of nitrogens with one attached hydrogen (secondary N) is 2. The van der Waals surface area contributed by atoms with Crippen LogP contribution in [0.25, 0.3) is 33.1 Å². The molecule has 0 saturated carbocycles. The van der Waals surface area contributed by atoms with Gasteiger partial charge in [-0.15, -0.1) is 0 Å². The third-order valence-corrected chi connectivity index (χ3v) is 5.91. The van der Waals surface area contributed by atoms with E-state index < -0.39 is 0 Å². The predicted molar refractivity (Wildman–Crippen MR) is 123 cm³/mol. The molecule has 1 aliphatic heterocycles. The number of amides is 1. The average Bonchev–Trinajstić information content (AvgIpc) is 3.49. The van der Waals surface area contributed by atoms with Crippen molar-refractivity contribution >= 4 is 27.7 Å². The van der Waals surface area contributed by atoms with E-state index in [2.05, 4.69) is 10.3 Å². The molecule has 2 N–H and O–H groups in total. The molecule has 0 radical (unpaired) electrons. The molecule has 2 aromatic heterocycles. The second-order valence-electron chi connectivity index (χ2n) is 7.86. The van der Waals surface area contributed by atoms with Gasteiger partial charge in [-0.3, -0.25) is 4.79 Å². The van der Waals surface area contributed by atoms with Crippen LogP contribution in [0.3, 0.4) is 0 Å². The highest BCUT2D eigenvalue weighted by Crippen LogP contribution is 2.38. The van der Waals surface area contributed by atoms with E-state index in [1.54, 1.807) is 14.2 Å². The Morgan fingerprint density at radius 3 is 2.81 bits per heavy atom. The first-order chi connectivity index (χ1) is 15.7. The lowest BCUT2D eigenvalue weighted by atomic mass is 10.0. The number of H-pyrrole nitrogens is 1. The van der Waals surface area contributed by atoms with Gasteiger partial charge in [0, 0.05) is 35.0 Å². The standard InChI is InChI=1S/C25H25N3O4/c1-30-15-9-10-22(31-2)19(12-15)24-23-18(17-7-3-4-8-20(17)27-23)13-21(28-24)25(29)26-14-16-6-5-11-32-16/h3-4,7-10,12-13,16,27H,5-6,11,14H2,1-2H3,(H,26,29)/t16-/m0/s1. The van der Waals surface area contributed by atoms with Gasteiger partial charge < -0.3 is 24.5 Å². The number of pyridine rings is 1. The monoisotopic (exact) mass is 431 g/mol. The van der Waals surface area contributed by atoms with Crippen molar-refractivity contribution in [1.29, 1.82) is 0 Å². The summed E-state index contributed by atoms with van der Waals surface area (Å²) in [6, 6.07) is 15.4. The van der Waals surface area contributed by atoms with Crippen LogP contribution in [0.15, 0.2) is 48.5 Å². The van der Waals surface area contributed by atoms with E-state index in [-0.39, 0.29) is 12.0 Å². The van der Waals surface area contributed by atoms with Crippen molar-refractivity contribution in [3.8, 4) is 22.8 Å². The van der Waals surface area contributed by atoms with Crippen molar-refractivity contribution in [2.45, 2.75) is 18.9 Å². The summed E-state index contributed by atoms with van der Waals surface area (Å²) in [6.07, 6.45) is 2.05. The smallest absolute Gasteiger partial charge is 0.270 e. The molecule has 32 heavy (non-hydrogen) atoms. The Morgan fingerprint density at radius 1 is 1.16 bits per heavy atom. The van der Waals surface area contributed by atoms with Gasteiger partial charge in [0.2, 0.25) is 0 Å². The third-order valence-electron chi connectivity index (χ3n) is 5.91. The van der Waals surface area contributed by atoms with Gasteiger partial charge in [-0.1, -0.05) is 18.2 Å². The van der Waals surface area contributed by atoms with Crippen LogP contribution in [0.2, 0.25) is 0 Å². The summed E-state index contributed by atoms with van der Waals surface area (Å²) in [4.78, 5) is 21.3. The van der Waals surface area contributed by atoms with Crippen molar-refractivity contribution in [2.75, 3.05) is 27.4 Å². The fourth-order valence-electron chi connectivity index (χ4n) is 4.26. The second-order valence-corrected chi connectivity index (χ2v) is 7.86. The molecule has 7 heteroatoms. The fourth-order valence-corrected chi connectivity index (χ4v) is 4.26. The lowest BCUT2D eigenvalue weighted by molar-refractivity contribution is 0.0854. The zero-order valence-corrected chi connectivity index (χ0v) is 18.1. The van der Waals surface area contributed by atoms with Crippen LogP contribution in [-0.2, 0) is 4.74 Å². The SMILES string of the molecule is COc1ccc(OC)c(-c2nc(C(=O)NC[C@@H]3CCCO3)cc3c2[nH]c2ccccc23)c1. The molecule has 0 bridgehead atoms. The third kappa shape index (κ3) is 3.65. The quantitative estimate of drug-likeness (QED) is 0.475. The topological polar surface area (TPSA) is 85.5 Å². The first-order valence-electron chi connectivity index (χ1n) is 10.7. The van der Waals surface area contributed by atoms with Crippen LogP contribution in [0.5, 0.6) is 11.5 Å². The highest BCUT2D eigenvalue weighted by atomic mass is 16.5. The van der Waals surface area contributed by atoms with Crippen LogP contribution >= 0.6 is 0 Å². The number of rotatable bonds is 6. The maximum atomic E-state index is 13.1. The Morgan fingerprint density at radius 2 is 2.03 bits per heavy atom. The van der Waals surface area contributed by atoms with Crippen LogP contribution in [-0.4, -0.2) is 49.4 Å². The van der Waals surface area contributed by atoms with E-state index in [4.69, 9.17) is 19.2 Å². The van der Waals surface area contributed by atoms with E-state index in [1.807, 2.05) is 48.5 Å². The van der Waals surface area contributed by atoms with Gasteiger partial charge >= 0.3 is 0 Å². The molecule has 0 unspecified atom stereocenters. The van der Waals surface area contributed by atoms with Crippen molar-refractivity contribution < 1.29 is 19.0 Å². The molecule has 3 heterocycles. The fraction of sp³-hybridized carbons (Fsp3) is 0.280. The van der Waals surface area contributed by atoms with Gasteiger partial charge in [-0.05, 0) is 43.2 Å². The molecule has 1 aliphatic rings. The van der Waals surface area contributed by atoms with Crippen LogP contribution < -0.4 is 14.8 Å². The molecule has 1 amide bonds. The Balaban J connectivity index is 1.66. The number of methoxy groups -OCH3 is 2. The number of para-hydroxylation sites is 1. The number of carbonyl (C=O) groups excluding carboxylic acids is 1. The minimum Gasteiger partial charge on any atom is -0.497 e. The number of hydrogen-bond acceptors (Lipinski definition) is 5. The summed E-state index contributed by atoms with van der Waals surface area (Å²) in [5.41, 5.74) is 3.55. The lowest BCUT2D eigenvalue weighted by Crippen LogP contribution is -2.32. The lowest BCUT2D eigenvalue weighted by Gasteiger charge is -2.13. The highest BCUT2D eigenvalue weighted by molar-refractivity contribution is 6.13. The van der Waals surface area contributed by atoms with E-state index >= 15 is 0 Å². The molecular formula is C25H25N3O4. The average molecular weight is 431 g/mol. The van der Waals surface area contributed by atoms with Gasteiger partial charge in [0.25, 0.3) is 5.91 Å². The molecule has 164 valence electrons. The van der Waals surface area contributed by atoms with Crippen molar-refractivity contribution in [2.24, 2.45) is 0 Å². The van der Waals surface area contributed by atoms with E-state index in [0.717, 1.165) is 46.8 Å². The van der Waals surface area contributed by atoms with Gasteiger partial charge in [-0.2, -0.15) is 0 Å². The van der Waals surface area contributed by atoms with Gasteiger partial charge in [0.15, 0.2) is 0 Å². The van der Waals surface area contributed by atoms with Gasteiger partial charge in [0.05, 0.1) is 31.5 Å². The molecule has 7 nitrogen and oxygen atoms in total. The number of nitrogens with zero attached hydrogens (tertiary/aromatic N) is 1. The first kappa shape index (κ1) is 20.3. The zero-order valence-electron chi connectivity index (χ0n) is 18.1. The van der Waals surface area contributed by atoms with Crippen LogP contribution in [0, 0.1) is 0 Å². The number of benzene rings is 2. The summed E-state index contributed by atoms with van der Waals surface area (Å²) < 4.78 is 16.7. The largest absolute Gasteiger partial charge is 0.497 e. The van der Waals surface area contributed by atoms with Gasteiger partial charge in [0.1, 0.15) is 17.2 Å². The zero-order chi connectivity index (χ0) is 22.1. The van der Waals surface area contributed by atoms with E-state index in [9.17, 15) is 4.79 Å². The minimum absolute atomic E-state index is 0.0636. The van der Waals surface area contributed by atoms with Crippen molar-refractivity contribution in [3.63, 3.8) is 0 Å². The molecule has 0 spiro atoms. The first-order valence-corrected chi connectivity index (χ1v) is 10.7. The minimum atomic E-state index is -0.226. The van der Waals surface area contributed by atoms with Gasteiger partial charge in [-0.25, -0.2) is 4.98 Å². The summed E-state index contributed by atoms with van der Waals surface area (Å²) in [7, 11) is 3.23. The number of ether oxygens (including phenoxy) is 3. The number of carbonyl (C=O) groups is 1. The molecule has 1 atom stereocenters. The second kappa shape index (κ2) is 8.51. The Hall–Kier alpha value is -3.58.